The molecule has 0 bridgehead atoms. The number of nitrogens with one attached hydrogen (secondary N) is 1. The second kappa shape index (κ2) is 7.83. The maximum atomic E-state index is 12.8. The zero-order chi connectivity index (χ0) is 20.4. The number of aryl methyl sites for hydroxylation is 1. The standard InChI is InChI=1S/C21H22N6O2/c1-14-11-17(7-8-19(14)27-13-22-24-25-27)23-21(29)12-20-18-6-4-3-5-16(18)9-10-26(20)15(2)28/h3-8,11,13,20H,9-10,12H2,1-2H3,(H,23,29). The van der Waals surface area contributed by atoms with Crippen LogP contribution in [0.1, 0.15) is 36.1 Å². The van der Waals surface area contributed by atoms with Gasteiger partial charge in [0.25, 0.3) is 0 Å². The zero-order valence-electron chi connectivity index (χ0n) is 16.4. The number of carbonyl (C=O) groups is 2. The first-order valence-electron chi connectivity index (χ1n) is 9.52. The Balaban J connectivity index is 1.52. The minimum absolute atomic E-state index is 0.0149. The summed E-state index contributed by atoms with van der Waals surface area (Å²) in [5, 5.41) is 14.1. The third-order valence-corrected chi connectivity index (χ3v) is 5.27. The molecule has 2 aromatic carbocycles. The van der Waals surface area contributed by atoms with Gasteiger partial charge in [-0.1, -0.05) is 24.3 Å². The van der Waals surface area contributed by atoms with E-state index >= 15 is 0 Å². The number of rotatable bonds is 4. The molecule has 0 aliphatic carbocycles. The molecule has 1 N–H and O–H groups in total. The molecular formula is C21H22N6O2. The molecule has 8 nitrogen and oxygen atoms in total. The summed E-state index contributed by atoms with van der Waals surface area (Å²) in [7, 11) is 0. The van der Waals surface area contributed by atoms with Gasteiger partial charge < -0.3 is 10.2 Å². The number of fused-ring (bicyclic) bond motifs is 1. The van der Waals surface area contributed by atoms with E-state index < -0.39 is 0 Å². The van der Waals surface area contributed by atoms with E-state index in [1.54, 1.807) is 16.5 Å². The van der Waals surface area contributed by atoms with Crippen molar-refractivity contribution in [1.82, 2.24) is 25.1 Å². The Morgan fingerprint density at radius 3 is 2.76 bits per heavy atom. The average molecular weight is 390 g/mol. The lowest BCUT2D eigenvalue weighted by molar-refractivity contribution is -0.132. The normalized spacial score (nSPS) is 15.7. The number of hydrogen-bond donors (Lipinski definition) is 1. The lowest BCUT2D eigenvalue weighted by Crippen LogP contribution is -2.40. The van der Waals surface area contributed by atoms with Crippen LogP contribution >= 0.6 is 0 Å². The van der Waals surface area contributed by atoms with Crippen molar-refractivity contribution in [2.24, 2.45) is 0 Å². The molecule has 0 saturated heterocycles. The molecule has 1 aliphatic rings. The summed E-state index contributed by atoms with van der Waals surface area (Å²) in [6.45, 7) is 4.12. The highest BCUT2D eigenvalue weighted by Crippen LogP contribution is 2.32. The van der Waals surface area contributed by atoms with E-state index in [4.69, 9.17) is 0 Å². The third-order valence-electron chi connectivity index (χ3n) is 5.27. The maximum absolute atomic E-state index is 12.8. The van der Waals surface area contributed by atoms with Gasteiger partial charge in [0.05, 0.1) is 18.2 Å². The number of benzene rings is 2. The molecule has 29 heavy (non-hydrogen) atoms. The minimum Gasteiger partial charge on any atom is -0.335 e. The highest BCUT2D eigenvalue weighted by molar-refractivity contribution is 5.92. The SMILES string of the molecule is CC(=O)N1CCc2ccccc2C1CC(=O)Nc1ccc(-n2cnnn2)c(C)c1. The molecule has 0 fully saturated rings. The van der Waals surface area contributed by atoms with Gasteiger partial charge >= 0.3 is 0 Å². The van der Waals surface area contributed by atoms with Gasteiger partial charge in [0.15, 0.2) is 0 Å². The molecule has 0 saturated carbocycles. The Morgan fingerprint density at radius 2 is 2.03 bits per heavy atom. The lowest BCUT2D eigenvalue weighted by atomic mass is 9.90. The highest BCUT2D eigenvalue weighted by atomic mass is 16.2. The van der Waals surface area contributed by atoms with Crippen molar-refractivity contribution in [3.8, 4) is 5.69 Å². The van der Waals surface area contributed by atoms with E-state index in [2.05, 4.69) is 26.9 Å². The quantitative estimate of drug-likeness (QED) is 0.739. The van der Waals surface area contributed by atoms with E-state index in [1.165, 1.54) is 11.9 Å². The Bertz CT molecular complexity index is 1050. The molecule has 1 aliphatic heterocycles. The van der Waals surface area contributed by atoms with Crippen molar-refractivity contribution in [3.63, 3.8) is 0 Å². The predicted molar refractivity (Wildman–Crippen MR) is 107 cm³/mol. The number of aromatic nitrogens is 4. The third kappa shape index (κ3) is 3.87. The van der Waals surface area contributed by atoms with Crippen molar-refractivity contribution < 1.29 is 9.59 Å². The van der Waals surface area contributed by atoms with E-state index in [9.17, 15) is 9.59 Å². The van der Waals surface area contributed by atoms with Crippen LogP contribution in [0, 0.1) is 6.92 Å². The second-order valence-electron chi connectivity index (χ2n) is 7.18. The molecule has 0 radical (unpaired) electrons. The van der Waals surface area contributed by atoms with E-state index in [1.807, 2.05) is 43.3 Å². The highest BCUT2D eigenvalue weighted by Gasteiger charge is 2.30. The largest absolute Gasteiger partial charge is 0.335 e. The van der Waals surface area contributed by atoms with Crippen LogP contribution in [0.25, 0.3) is 5.69 Å². The monoisotopic (exact) mass is 390 g/mol. The van der Waals surface area contributed by atoms with Crippen LogP contribution in [-0.2, 0) is 16.0 Å². The molecule has 1 aromatic heterocycles. The summed E-state index contributed by atoms with van der Waals surface area (Å²) >= 11 is 0. The van der Waals surface area contributed by atoms with E-state index in [0.717, 1.165) is 23.2 Å². The van der Waals surface area contributed by atoms with Gasteiger partial charge in [-0.3, -0.25) is 9.59 Å². The van der Waals surface area contributed by atoms with Crippen LogP contribution in [0.2, 0.25) is 0 Å². The molecule has 1 unspecified atom stereocenters. The molecular weight excluding hydrogens is 368 g/mol. The van der Waals surface area contributed by atoms with Gasteiger partial charge in [-0.15, -0.1) is 5.10 Å². The average Bonchev–Trinajstić information content (AvgIpc) is 3.22. The fourth-order valence-corrected chi connectivity index (χ4v) is 3.90. The summed E-state index contributed by atoms with van der Waals surface area (Å²) in [6, 6.07) is 13.3. The fourth-order valence-electron chi connectivity index (χ4n) is 3.90. The number of hydrogen-bond acceptors (Lipinski definition) is 5. The first-order chi connectivity index (χ1) is 14.0. The smallest absolute Gasteiger partial charge is 0.226 e. The van der Waals surface area contributed by atoms with Crippen LogP contribution < -0.4 is 5.32 Å². The number of nitrogens with zero attached hydrogens (tertiary/aromatic N) is 5. The van der Waals surface area contributed by atoms with Crippen LogP contribution in [0.4, 0.5) is 5.69 Å². The van der Waals surface area contributed by atoms with Crippen LogP contribution in [0.3, 0.4) is 0 Å². The summed E-state index contributed by atoms with van der Waals surface area (Å²) in [4.78, 5) is 26.7. The van der Waals surface area contributed by atoms with Crippen molar-refractivity contribution in [1.29, 1.82) is 0 Å². The molecule has 8 heteroatoms. The van der Waals surface area contributed by atoms with Crippen LogP contribution in [-0.4, -0.2) is 43.5 Å². The molecule has 2 amide bonds. The van der Waals surface area contributed by atoms with Crippen molar-refractivity contribution in [2.75, 3.05) is 11.9 Å². The molecule has 1 atom stereocenters. The predicted octanol–water partition coefficient (Wildman–Crippen LogP) is 2.45. The summed E-state index contributed by atoms with van der Waals surface area (Å²) in [5.74, 6) is -0.147. The molecule has 2 heterocycles. The Labute approximate surface area is 168 Å². The van der Waals surface area contributed by atoms with Gasteiger partial charge in [-0.2, -0.15) is 0 Å². The van der Waals surface area contributed by atoms with Crippen LogP contribution in [0.5, 0.6) is 0 Å². The maximum Gasteiger partial charge on any atom is 0.226 e. The van der Waals surface area contributed by atoms with Gasteiger partial charge in [0.1, 0.15) is 6.33 Å². The van der Waals surface area contributed by atoms with Gasteiger partial charge in [-0.25, -0.2) is 4.68 Å². The number of anilines is 1. The van der Waals surface area contributed by atoms with Crippen molar-refractivity contribution in [2.45, 2.75) is 32.7 Å². The molecule has 0 spiro atoms. The summed E-state index contributed by atoms with van der Waals surface area (Å²) < 4.78 is 1.57. The van der Waals surface area contributed by atoms with Gasteiger partial charge in [0, 0.05) is 19.2 Å². The Morgan fingerprint density at radius 1 is 1.21 bits per heavy atom. The van der Waals surface area contributed by atoms with Crippen molar-refractivity contribution in [3.05, 3.63) is 65.5 Å². The Hall–Kier alpha value is -3.55. The topological polar surface area (TPSA) is 93.0 Å². The number of amides is 2. The van der Waals surface area contributed by atoms with Gasteiger partial charge in [-0.05, 0) is 58.7 Å². The first kappa shape index (κ1) is 18.8. The summed E-state index contributed by atoms with van der Waals surface area (Å²) in [5.41, 5.74) is 4.72. The zero-order valence-corrected chi connectivity index (χ0v) is 16.4. The van der Waals surface area contributed by atoms with Gasteiger partial charge in [0.2, 0.25) is 11.8 Å². The second-order valence-corrected chi connectivity index (χ2v) is 7.18. The molecule has 4 rings (SSSR count). The van der Waals surface area contributed by atoms with Crippen molar-refractivity contribution >= 4 is 17.5 Å². The van der Waals surface area contributed by atoms with E-state index in [-0.39, 0.29) is 24.3 Å². The number of carbonyl (C=O) groups excluding carboxylic acids is 2. The first-order valence-corrected chi connectivity index (χ1v) is 9.52. The minimum atomic E-state index is -0.251. The summed E-state index contributed by atoms with van der Waals surface area (Å²) in [6.07, 6.45) is 2.55. The number of tetrazole rings is 1. The fraction of sp³-hybridized carbons (Fsp3) is 0.286. The Kier molecular flexibility index (Phi) is 5.07. The van der Waals surface area contributed by atoms with Crippen LogP contribution in [0.15, 0.2) is 48.8 Å². The van der Waals surface area contributed by atoms with E-state index in [0.29, 0.717) is 12.2 Å². The molecule has 148 valence electrons. The molecule has 3 aromatic rings. The lowest BCUT2D eigenvalue weighted by Gasteiger charge is -2.36.